The molecule has 7 nitrogen and oxygen atoms in total. The molecule has 1 fully saturated rings. The molecule has 0 aliphatic carbocycles. The van der Waals surface area contributed by atoms with Crippen LogP contribution in [0.5, 0.6) is 5.75 Å². The highest BCUT2D eigenvalue weighted by molar-refractivity contribution is 5.63. The Morgan fingerprint density at radius 1 is 1.26 bits per heavy atom. The zero-order valence-corrected chi connectivity index (χ0v) is 14.2. The van der Waals surface area contributed by atoms with Gasteiger partial charge in [-0.15, -0.1) is 13.2 Å². The standard InChI is InChI=1S/C17H17F3N6O/c18-17(19,20)27-14-4-3-10(6-13(14)22)11-2-1-5-26(8-11)16-12(7-21)15(23)24-9-25-16/h3-4,6,9,11H,1-2,5,8,22H2,(H2,23,24,25). The summed E-state index contributed by atoms with van der Waals surface area (Å²) in [4.78, 5) is 9.94. The lowest BCUT2D eigenvalue weighted by Gasteiger charge is -2.34. The van der Waals surface area contributed by atoms with Crippen LogP contribution in [0.2, 0.25) is 0 Å². The molecule has 4 N–H and O–H groups in total. The summed E-state index contributed by atoms with van der Waals surface area (Å²) < 4.78 is 41.1. The number of alkyl halides is 3. The van der Waals surface area contributed by atoms with E-state index >= 15 is 0 Å². The van der Waals surface area contributed by atoms with Gasteiger partial charge in [0, 0.05) is 19.0 Å². The number of benzene rings is 1. The second kappa shape index (κ2) is 7.19. The van der Waals surface area contributed by atoms with Crippen molar-refractivity contribution in [1.82, 2.24) is 9.97 Å². The normalized spacial score (nSPS) is 17.4. The van der Waals surface area contributed by atoms with Gasteiger partial charge in [-0.25, -0.2) is 9.97 Å². The molecule has 1 aromatic heterocycles. The molecule has 1 atom stereocenters. The minimum absolute atomic E-state index is 0.0173. The van der Waals surface area contributed by atoms with Crippen molar-refractivity contribution in [2.24, 2.45) is 0 Å². The number of halogens is 3. The number of aromatic nitrogens is 2. The molecule has 1 aliphatic heterocycles. The lowest BCUT2D eigenvalue weighted by atomic mass is 9.90. The predicted octanol–water partition coefficient (Wildman–Crippen LogP) is 2.80. The molecule has 0 bridgehead atoms. The van der Waals surface area contributed by atoms with Crippen LogP contribution in [0.1, 0.15) is 29.9 Å². The van der Waals surface area contributed by atoms with Crippen LogP contribution in [0.3, 0.4) is 0 Å². The fraction of sp³-hybridized carbons (Fsp3) is 0.353. The average Bonchev–Trinajstić information content (AvgIpc) is 2.62. The van der Waals surface area contributed by atoms with E-state index in [1.165, 1.54) is 18.5 Å². The van der Waals surface area contributed by atoms with Crippen molar-refractivity contribution >= 4 is 17.3 Å². The zero-order chi connectivity index (χ0) is 19.6. The van der Waals surface area contributed by atoms with Gasteiger partial charge >= 0.3 is 6.36 Å². The minimum atomic E-state index is -4.79. The second-order valence-electron chi connectivity index (χ2n) is 6.20. The van der Waals surface area contributed by atoms with Gasteiger partial charge in [0.1, 0.15) is 23.8 Å². The van der Waals surface area contributed by atoms with E-state index < -0.39 is 12.1 Å². The van der Waals surface area contributed by atoms with Crippen molar-refractivity contribution in [1.29, 1.82) is 5.26 Å². The minimum Gasteiger partial charge on any atom is -0.404 e. The number of hydrogen-bond donors (Lipinski definition) is 2. The molecule has 0 amide bonds. The van der Waals surface area contributed by atoms with Gasteiger partial charge in [0.05, 0.1) is 5.69 Å². The van der Waals surface area contributed by atoms with Crippen LogP contribution in [0.25, 0.3) is 0 Å². The Kier molecular flexibility index (Phi) is 4.94. The highest BCUT2D eigenvalue weighted by Gasteiger charge is 2.32. The van der Waals surface area contributed by atoms with Gasteiger partial charge in [0.15, 0.2) is 11.6 Å². The molecule has 10 heteroatoms. The largest absolute Gasteiger partial charge is 0.573 e. The SMILES string of the molecule is N#Cc1c(N)ncnc1N1CCCC(c2ccc(OC(F)(F)F)c(N)c2)C1. The molecule has 0 radical (unpaired) electrons. The third-order valence-corrected chi connectivity index (χ3v) is 4.42. The first-order valence-electron chi connectivity index (χ1n) is 8.19. The van der Waals surface area contributed by atoms with Gasteiger partial charge in [-0.1, -0.05) is 6.07 Å². The van der Waals surface area contributed by atoms with E-state index in [1.54, 1.807) is 6.07 Å². The van der Waals surface area contributed by atoms with Crippen molar-refractivity contribution < 1.29 is 17.9 Å². The van der Waals surface area contributed by atoms with Gasteiger partial charge in [0.25, 0.3) is 0 Å². The van der Waals surface area contributed by atoms with Gasteiger partial charge in [0.2, 0.25) is 0 Å². The summed E-state index contributed by atoms with van der Waals surface area (Å²) in [7, 11) is 0. The fourth-order valence-electron chi connectivity index (χ4n) is 3.22. The summed E-state index contributed by atoms with van der Waals surface area (Å²) in [5.41, 5.74) is 12.4. The van der Waals surface area contributed by atoms with Crippen molar-refractivity contribution in [3.8, 4) is 11.8 Å². The van der Waals surface area contributed by atoms with Crippen molar-refractivity contribution in [3.63, 3.8) is 0 Å². The quantitative estimate of drug-likeness (QED) is 0.789. The topological polar surface area (TPSA) is 114 Å². The molecule has 0 spiro atoms. The predicted molar refractivity (Wildman–Crippen MR) is 92.9 cm³/mol. The molecule has 0 saturated carbocycles. The van der Waals surface area contributed by atoms with E-state index in [1.807, 2.05) is 11.0 Å². The van der Waals surface area contributed by atoms with Gasteiger partial charge in [-0.05, 0) is 30.5 Å². The lowest BCUT2D eigenvalue weighted by Crippen LogP contribution is -2.35. The number of nitrogen functional groups attached to an aromatic ring is 2. The Balaban J connectivity index is 1.82. The molecule has 1 saturated heterocycles. The summed E-state index contributed by atoms with van der Waals surface area (Å²) in [5.74, 6) is 0.167. The highest BCUT2D eigenvalue weighted by Crippen LogP contribution is 2.35. The maximum absolute atomic E-state index is 12.4. The molecule has 2 heterocycles. The number of nitrogens with two attached hydrogens (primary N) is 2. The van der Waals surface area contributed by atoms with Crippen LogP contribution in [0.15, 0.2) is 24.5 Å². The maximum atomic E-state index is 12.4. The Morgan fingerprint density at radius 3 is 2.70 bits per heavy atom. The summed E-state index contributed by atoms with van der Waals surface area (Å²) in [6, 6.07) is 6.31. The van der Waals surface area contributed by atoms with Gasteiger partial charge in [-0.2, -0.15) is 5.26 Å². The van der Waals surface area contributed by atoms with E-state index in [4.69, 9.17) is 11.5 Å². The number of nitriles is 1. The first-order chi connectivity index (χ1) is 12.8. The van der Waals surface area contributed by atoms with Gasteiger partial charge < -0.3 is 21.1 Å². The van der Waals surface area contributed by atoms with E-state index in [-0.39, 0.29) is 23.0 Å². The molecule has 27 heavy (non-hydrogen) atoms. The summed E-state index contributed by atoms with van der Waals surface area (Å²) in [6.07, 6.45) is -1.84. The van der Waals surface area contributed by atoms with Crippen LogP contribution in [0.4, 0.5) is 30.5 Å². The molecular weight excluding hydrogens is 361 g/mol. The van der Waals surface area contributed by atoms with Crippen LogP contribution in [-0.4, -0.2) is 29.4 Å². The summed E-state index contributed by atoms with van der Waals surface area (Å²) >= 11 is 0. The number of nitrogens with zero attached hydrogens (tertiary/aromatic N) is 4. The number of rotatable bonds is 3. The number of ether oxygens (including phenoxy) is 1. The molecule has 1 unspecified atom stereocenters. The van der Waals surface area contributed by atoms with Crippen molar-refractivity contribution in [2.75, 3.05) is 29.5 Å². The second-order valence-corrected chi connectivity index (χ2v) is 6.20. The Hall–Kier alpha value is -3.22. The van der Waals surface area contributed by atoms with Gasteiger partial charge in [-0.3, -0.25) is 0 Å². The molecular formula is C17H17F3N6O. The Labute approximate surface area is 153 Å². The third kappa shape index (κ3) is 4.13. The van der Waals surface area contributed by atoms with E-state index in [2.05, 4.69) is 14.7 Å². The summed E-state index contributed by atoms with van der Waals surface area (Å²) in [6.45, 7) is 1.22. The molecule has 2 aromatic rings. The van der Waals surface area contributed by atoms with Crippen LogP contribution in [0, 0.1) is 11.3 Å². The maximum Gasteiger partial charge on any atom is 0.573 e. The van der Waals surface area contributed by atoms with E-state index in [0.29, 0.717) is 18.9 Å². The number of anilines is 3. The first kappa shape index (κ1) is 18.6. The average molecular weight is 378 g/mol. The monoisotopic (exact) mass is 378 g/mol. The molecule has 1 aliphatic rings. The van der Waals surface area contributed by atoms with Crippen LogP contribution in [-0.2, 0) is 0 Å². The zero-order valence-electron chi connectivity index (χ0n) is 14.2. The van der Waals surface area contributed by atoms with Crippen molar-refractivity contribution in [2.45, 2.75) is 25.1 Å². The lowest BCUT2D eigenvalue weighted by molar-refractivity contribution is -0.274. The van der Waals surface area contributed by atoms with Crippen LogP contribution >= 0.6 is 0 Å². The van der Waals surface area contributed by atoms with E-state index in [0.717, 1.165) is 18.4 Å². The number of hydrogen-bond acceptors (Lipinski definition) is 7. The molecule has 142 valence electrons. The molecule has 1 aromatic carbocycles. The van der Waals surface area contributed by atoms with Crippen LogP contribution < -0.4 is 21.1 Å². The third-order valence-electron chi connectivity index (χ3n) is 4.42. The smallest absolute Gasteiger partial charge is 0.404 e. The first-order valence-corrected chi connectivity index (χ1v) is 8.19. The fourth-order valence-corrected chi connectivity index (χ4v) is 3.22. The highest BCUT2D eigenvalue weighted by atomic mass is 19.4. The summed E-state index contributed by atoms with van der Waals surface area (Å²) in [5, 5.41) is 9.31. The number of piperidine rings is 1. The van der Waals surface area contributed by atoms with Crippen molar-refractivity contribution in [3.05, 3.63) is 35.7 Å². The Morgan fingerprint density at radius 2 is 2.04 bits per heavy atom. The van der Waals surface area contributed by atoms with E-state index in [9.17, 15) is 18.4 Å². The Bertz CT molecular complexity index is 880. The molecule has 3 rings (SSSR count).